The molecule has 0 atom stereocenters. The standard InChI is InChI=1S/C17H21N3O/c1-4-20(14-8-6-5-7-9-14)15-10-11-16(18-12-15)17(21)19-13(2)3/h5-13H,4H2,1-3H3,(H,19,21). The number of nitrogens with zero attached hydrogens (tertiary/aromatic N) is 2. The van der Waals surface area contributed by atoms with Crippen LogP contribution in [-0.2, 0) is 0 Å². The molecule has 21 heavy (non-hydrogen) atoms. The Labute approximate surface area is 125 Å². The molecule has 0 aliphatic rings. The van der Waals surface area contributed by atoms with Crippen LogP contribution in [0, 0.1) is 0 Å². The Kier molecular flexibility index (Phi) is 4.93. The molecular weight excluding hydrogens is 262 g/mol. The van der Waals surface area contributed by atoms with Crippen LogP contribution in [0.1, 0.15) is 31.3 Å². The number of aromatic nitrogens is 1. The topological polar surface area (TPSA) is 45.2 Å². The van der Waals surface area contributed by atoms with E-state index in [0.717, 1.165) is 17.9 Å². The van der Waals surface area contributed by atoms with Crippen LogP contribution < -0.4 is 10.2 Å². The third-order valence-electron chi connectivity index (χ3n) is 3.10. The van der Waals surface area contributed by atoms with Gasteiger partial charge in [0, 0.05) is 18.3 Å². The first-order valence-electron chi connectivity index (χ1n) is 7.21. The van der Waals surface area contributed by atoms with Crippen LogP contribution in [0.15, 0.2) is 48.7 Å². The van der Waals surface area contributed by atoms with E-state index in [4.69, 9.17) is 0 Å². The average molecular weight is 283 g/mol. The first-order valence-corrected chi connectivity index (χ1v) is 7.21. The first kappa shape index (κ1) is 15.0. The number of para-hydroxylation sites is 1. The molecule has 0 bridgehead atoms. The van der Waals surface area contributed by atoms with E-state index in [2.05, 4.69) is 34.3 Å². The zero-order valence-corrected chi connectivity index (χ0v) is 12.7. The van der Waals surface area contributed by atoms with Crippen molar-refractivity contribution in [3.8, 4) is 0 Å². The number of hydrogen-bond acceptors (Lipinski definition) is 3. The summed E-state index contributed by atoms with van der Waals surface area (Å²) in [4.78, 5) is 18.3. The lowest BCUT2D eigenvalue weighted by molar-refractivity contribution is 0.0938. The lowest BCUT2D eigenvalue weighted by Crippen LogP contribution is -2.30. The van der Waals surface area contributed by atoms with E-state index in [1.165, 1.54) is 0 Å². The molecule has 0 fully saturated rings. The van der Waals surface area contributed by atoms with Gasteiger partial charge >= 0.3 is 0 Å². The van der Waals surface area contributed by atoms with Gasteiger partial charge in [-0.2, -0.15) is 0 Å². The highest BCUT2D eigenvalue weighted by Crippen LogP contribution is 2.23. The largest absolute Gasteiger partial charge is 0.349 e. The van der Waals surface area contributed by atoms with Crippen LogP contribution in [0.25, 0.3) is 0 Å². The molecule has 0 unspecified atom stereocenters. The van der Waals surface area contributed by atoms with Gasteiger partial charge in [0.15, 0.2) is 0 Å². The van der Waals surface area contributed by atoms with Crippen LogP contribution in [0.2, 0.25) is 0 Å². The predicted molar refractivity (Wildman–Crippen MR) is 86.0 cm³/mol. The molecule has 1 aromatic heterocycles. The van der Waals surface area contributed by atoms with Crippen molar-refractivity contribution < 1.29 is 4.79 Å². The molecule has 0 saturated carbocycles. The minimum atomic E-state index is -0.140. The fraction of sp³-hybridized carbons (Fsp3) is 0.294. The van der Waals surface area contributed by atoms with Gasteiger partial charge in [0.2, 0.25) is 0 Å². The second-order valence-corrected chi connectivity index (χ2v) is 5.11. The minimum Gasteiger partial charge on any atom is -0.349 e. The molecule has 1 N–H and O–H groups in total. The zero-order chi connectivity index (χ0) is 15.2. The Balaban J connectivity index is 2.19. The van der Waals surface area contributed by atoms with Crippen molar-refractivity contribution in [3.05, 3.63) is 54.4 Å². The van der Waals surface area contributed by atoms with E-state index >= 15 is 0 Å². The summed E-state index contributed by atoms with van der Waals surface area (Å²) in [6, 6.07) is 13.9. The van der Waals surface area contributed by atoms with E-state index in [1.54, 1.807) is 12.3 Å². The molecule has 0 aliphatic carbocycles. The van der Waals surface area contributed by atoms with Gasteiger partial charge in [-0.05, 0) is 45.0 Å². The molecule has 1 amide bonds. The predicted octanol–water partition coefficient (Wildman–Crippen LogP) is 3.38. The van der Waals surface area contributed by atoms with Crippen molar-refractivity contribution in [3.63, 3.8) is 0 Å². The van der Waals surface area contributed by atoms with Crippen molar-refractivity contribution in [2.45, 2.75) is 26.8 Å². The van der Waals surface area contributed by atoms with E-state index in [9.17, 15) is 4.79 Å². The molecule has 4 nitrogen and oxygen atoms in total. The quantitative estimate of drug-likeness (QED) is 0.915. The SMILES string of the molecule is CCN(c1ccccc1)c1ccc(C(=O)NC(C)C)nc1. The van der Waals surface area contributed by atoms with Crippen molar-refractivity contribution >= 4 is 17.3 Å². The monoisotopic (exact) mass is 283 g/mol. The molecule has 2 rings (SSSR count). The first-order chi connectivity index (χ1) is 10.1. The number of carbonyl (C=O) groups excluding carboxylic acids is 1. The van der Waals surface area contributed by atoms with Crippen molar-refractivity contribution in [2.24, 2.45) is 0 Å². The summed E-state index contributed by atoms with van der Waals surface area (Å²) in [6.45, 7) is 6.79. The van der Waals surface area contributed by atoms with Gasteiger partial charge < -0.3 is 10.2 Å². The molecule has 0 radical (unpaired) electrons. The Morgan fingerprint density at radius 3 is 2.38 bits per heavy atom. The summed E-state index contributed by atoms with van der Waals surface area (Å²) < 4.78 is 0. The van der Waals surface area contributed by atoms with E-state index in [1.807, 2.05) is 38.1 Å². The maximum atomic E-state index is 11.9. The number of amides is 1. The van der Waals surface area contributed by atoms with Gasteiger partial charge in [0.1, 0.15) is 5.69 Å². The smallest absolute Gasteiger partial charge is 0.270 e. The lowest BCUT2D eigenvalue weighted by Gasteiger charge is -2.23. The van der Waals surface area contributed by atoms with Crippen LogP contribution in [0.4, 0.5) is 11.4 Å². The van der Waals surface area contributed by atoms with Gasteiger partial charge in [-0.25, -0.2) is 4.98 Å². The summed E-state index contributed by atoms with van der Waals surface area (Å²) in [7, 11) is 0. The van der Waals surface area contributed by atoms with E-state index in [-0.39, 0.29) is 11.9 Å². The normalized spacial score (nSPS) is 10.5. The zero-order valence-electron chi connectivity index (χ0n) is 12.7. The Morgan fingerprint density at radius 1 is 1.14 bits per heavy atom. The molecule has 0 aliphatic heterocycles. The second-order valence-electron chi connectivity index (χ2n) is 5.11. The maximum Gasteiger partial charge on any atom is 0.270 e. The lowest BCUT2D eigenvalue weighted by atomic mass is 10.2. The molecule has 0 saturated heterocycles. The Hall–Kier alpha value is -2.36. The molecule has 1 heterocycles. The summed E-state index contributed by atoms with van der Waals surface area (Å²) in [6.07, 6.45) is 1.74. The van der Waals surface area contributed by atoms with Gasteiger partial charge in [0.25, 0.3) is 5.91 Å². The summed E-state index contributed by atoms with van der Waals surface area (Å²) >= 11 is 0. The number of nitrogens with one attached hydrogen (secondary N) is 1. The highest BCUT2D eigenvalue weighted by Gasteiger charge is 2.11. The van der Waals surface area contributed by atoms with Gasteiger partial charge in [-0.15, -0.1) is 0 Å². The fourth-order valence-electron chi connectivity index (χ4n) is 2.14. The molecule has 110 valence electrons. The maximum absolute atomic E-state index is 11.9. The number of anilines is 2. The number of rotatable bonds is 5. The Morgan fingerprint density at radius 2 is 1.86 bits per heavy atom. The van der Waals surface area contributed by atoms with Crippen LogP contribution >= 0.6 is 0 Å². The molecular formula is C17H21N3O. The second kappa shape index (κ2) is 6.88. The highest BCUT2D eigenvalue weighted by atomic mass is 16.1. The summed E-state index contributed by atoms with van der Waals surface area (Å²) in [5, 5.41) is 2.84. The average Bonchev–Trinajstić information content (AvgIpc) is 2.49. The van der Waals surface area contributed by atoms with Crippen LogP contribution in [-0.4, -0.2) is 23.5 Å². The molecule has 4 heteroatoms. The highest BCUT2D eigenvalue weighted by molar-refractivity contribution is 5.92. The van der Waals surface area contributed by atoms with Gasteiger partial charge in [-0.1, -0.05) is 18.2 Å². The number of hydrogen-bond donors (Lipinski definition) is 1. The van der Waals surface area contributed by atoms with E-state index in [0.29, 0.717) is 5.69 Å². The fourth-order valence-corrected chi connectivity index (χ4v) is 2.14. The third kappa shape index (κ3) is 3.81. The van der Waals surface area contributed by atoms with Gasteiger partial charge in [-0.3, -0.25) is 4.79 Å². The van der Waals surface area contributed by atoms with Gasteiger partial charge in [0.05, 0.1) is 11.9 Å². The molecule has 1 aromatic carbocycles. The van der Waals surface area contributed by atoms with Crippen molar-refractivity contribution in [1.29, 1.82) is 0 Å². The number of benzene rings is 1. The number of carbonyl (C=O) groups is 1. The Bertz CT molecular complexity index is 579. The van der Waals surface area contributed by atoms with Crippen molar-refractivity contribution in [2.75, 3.05) is 11.4 Å². The minimum absolute atomic E-state index is 0.107. The van der Waals surface area contributed by atoms with E-state index < -0.39 is 0 Å². The molecule has 0 spiro atoms. The van der Waals surface area contributed by atoms with Crippen LogP contribution in [0.5, 0.6) is 0 Å². The third-order valence-corrected chi connectivity index (χ3v) is 3.10. The number of pyridine rings is 1. The summed E-state index contributed by atoms with van der Waals surface area (Å²) in [5.41, 5.74) is 2.53. The van der Waals surface area contributed by atoms with Crippen LogP contribution in [0.3, 0.4) is 0 Å². The van der Waals surface area contributed by atoms with Crippen molar-refractivity contribution in [1.82, 2.24) is 10.3 Å². The summed E-state index contributed by atoms with van der Waals surface area (Å²) in [5.74, 6) is -0.140. The molecule has 2 aromatic rings.